The van der Waals surface area contributed by atoms with Crippen LogP contribution in [0.1, 0.15) is 29.1 Å². The van der Waals surface area contributed by atoms with Gasteiger partial charge in [-0.1, -0.05) is 5.16 Å². The minimum atomic E-state index is -0.0357. The first kappa shape index (κ1) is 15.0. The Morgan fingerprint density at radius 1 is 1.67 bits per heavy atom. The molecule has 1 aliphatic heterocycles. The Labute approximate surface area is 113 Å². The molecule has 18 heavy (non-hydrogen) atoms. The Morgan fingerprint density at radius 2 is 2.44 bits per heavy atom. The summed E-state index contributed by atoms with van der Waals surface area (Å²) in [5.41, 5.74) is 0.747. The van der Waals surface area contributed by atoms with Crippen molar-refractivity contribution in [2.24, 2.45) is 5.92 Å². The molecule has 2 rings (SSSR count). The second-order valence-electron chi connectivity index (χ2n) is 4.65. The molecule has 1 aliphatic rings. The van der Waals surface area contributed by atoms with Crippen LogP contribution in [-0.2, 0) is 0 Å². The van der Waals surface area contributed by atoms with Gasteiger partial charge in [0.25, 0.3) is 5.91 Å². The molecule has 0 aliphatic carbocycles. The average molecular weight is 274 g/mol. The third-order valence-electron chi connectivity index (χ3n) is 3.14. The molecule has 1 amide bonds. The van der Waals surface area contributed by atoms with E-state index in [4.69, 9.17) is 4.52 Å². The number of likely N-dealkylation sites (tertiary alicyclic amines) is 1. The fraction of sp³-hybridized carbons (Fsp3) is 0.667. The Hall–Kier alpha value is -1.07. The van der Waals surface area contributed by atoms with Crippen LogP contribution >= 0.6 is 12.4 Å². The predicted octanol–water partition coefficient (Wildman–Crippen LogP) is 1.48. The SMILES string of the molecule is CNCC1CCCN(C(=O)c2cc(C)no2)C1.Cl. The summed E-state index contributed by atoms with van der Waals surface area (Å²) in [4.78, 5) is 14.0. The van der Waals surface area contributed by atoms with E-state index < -0.39 is 0 Å². The van der Waals surface area contributed by atoms with E-state index in [1.165, 1.54) is 6.42 Å². The molecule has 6 heteroatoms. The first-order chi connectivity index (χ1) is 8.20. The number of carbonyl (C=O) groups excluding carboxylic acids is 1. The Morgan fingerprint density at radius 3 is 3.06 bits per heavy atom. The van der Waals surface area contributed by atoms with Gasteiger partial charge >= 0.3 is 0 Å². The highest BCUT2D eigenvalue weighted by Gasteiger charge is 2.26. The van der Waals surface area contributed by atoms with E-state index in [9.17, 15) is 4.79 Å². The molecule has 5 nitrogen and oxygen atoms in total. The van der Waals surface area contributed by atoms with Crippen LogP contribution in [0.4, 0.5) is 0 Å². The van der Waals surface area contributed by atoms with Crippen molar-refractivity contribution >= 4 is 18.3 Å². The second kappa shape index (κ2) is 6.75. The summed E-state index contributed by atoms with van der Waals surface area (Å²) in [6.07, 6.45) is 2.24. The summed E-state index contributed by atoms with van der Waals surface area (Å²) in [5.74, 6) is 0.862. The lowest BCUT2D eigenvalue weighted by atomic mass is 9.98. The molecule has 0 saturated carbocycles. The molecule has 1 aromatic heterocycles. The minimum absolute atomic E-state index is 0. The lowest BCUT2D eigenvalue weighted by molar-refractivity contribution is 0.0632. The van der Waals surface area contributed by atoms with Gasteiger partial charge in [0.1, 0.15) is 0 Å². The first-order valence-electron chi connectivity index (χ1n) is 6.08. The fourth-order valence-electron chi connectivity index (χ4n) is 2.33. The molecule has 1 fully saturated rings. The zero-order chi connectivity index (χ0) is 12.3. The molecule has 102 valence electrons. The van der Waals surface area contributed by atoms with Crippen LogP contribution in [0.2, 0.25) is 0 Å². The maximum atomic E-state index is 12.1. The summed E-state index contributed by atoms with van der Waals surface area (Å²) in [6.45, 7) is 4.40. The molecule has 1 aromatic rings. The summed E-state index contributed by atoms with van der Waals surface area (Å²) in [5, 5.41) is 6.92. The van der Waals surface area contributed by atoms with Gasteiger partial charge < -0.3 is 14.7 Å². The molecule has 0 bridgehead atoms. The van der Waals surface area contributed by atoms with Gasteiger partial charge in [0, 0.05) is 19.2 Å². The Balaban J connectivity index is 0.00000162. The predicted molar refractivity (Wildman–Crippen MR) is 71.0 cm³/mol. The lowest BCUT2D eigenvalue weighted by Crippen LogP contribution is -2.42. The molecule has 0 spiro atoms. The van der Waals surface area contributed by atoms with Crippen molar-refractivity contribution < 1.29 is 9.32 Å². The van der Waals surface area contributed by atoms with Gasteiger partial charge in [-0.05, 0) is 39.3 Å². The van der Waals surface area contributed by atoms with Gasteiger partial charge in [-0.15, -0.1) is 12.4 Å². The van der Waals surface area contributed by atoms with Crippen LogP contribution < -0.4 is 5.32 Å². The van der Waals surface area contributed by atoms with Crippen molar-refractivity contribution in [3.8, 4) is 0 Å². The summed E-state index contributed by atoms with van der Waals surface area (Å²) in [7, 11) is 1.95. The smallest absolute Gasteiger partial charge is 0.292 e. The first-order valence-corrected chi connectivity index (χ1v) is 6.08. The van der Waals surface area contributed by atoms with Crippen LogP contribution in [0.5, 0.6) is 0 Å². The number of hydrogen-bond donors (Lipinski definition) is 1. The van der Waals surface area contributed by atoms with Crippen LogP contribution in [0.3, 0.4) is 0 Å². The molecular formula is C12H20ClN3O2. The third kappa shape index (κ3) is 3.46. The second-order valence-corrected chi connectivity index (χ2v) is 4.65. The Bertz CT molecular complexity index is 392. The van der Waals surface area contributed by atoms with Crippen molar-refractivity contribution in [3.63, 3.8) is 0 Å². The number of carbonyl (C=O) groups is 1. The number of hydrogen-bond acceptors (Lipinski definition) is 4. The number of piperidine rings is 1. The number of nitrogens with one attached hydrogen (secondary N) is 1. The molecule has 0 aromatic carbocycles. The normalized spacial score (nSPS) is 19.4. The van der Waals surface area contributed by atoms with Gasteiger partial charge in [-0.3, -0.25) is 4.79 Å². The largest absolute Gasteiger partial charge is 0.351 e. The number of aromatic nitrogens is 1. The van der Waals surface area contributed by atoms with Crippen LogP contribution in [0.15, 0.2) is 10.6 Å². The minimum Gasteiger partial charge on any atom is -0.351 e. The van der Waals surface area contributed by atoms with E-state index in [0.717, 1.165) is 31.7 Å². The number of rotatable bonds is 3. The average Bonchev–Trinajstić information content (AvgIpc) is 2.76. The van der Waals surface area contributed by atoms with E-state index in [1.54, 1.807) is 6.07 Å². The van der Waals surface area contributed by atoms with Gasteiger partial charge in [-0.25, -0.2) is 0 Å². The zero-order valence-electron chi connectivity index (χ0n) is 10.8. The molecule has 0 radical (unpaired) electrons. The van der Waals surface area contributed by atoms with Crippen molar-refractivity contribution in [2.45, 2.75) is 19.8 Å². The van der Waals surface area contributed by atoms with E-state index in [-0.39, 0.29) is 18.3 Å². The summed E-state index contributed by atoms with van der Waals surface area (Å²) < 4.78 is 5.02. The van der Waals surface area contributed by atoms with Gasteiger partial charge in [0.15, 0.2) is 0 Å². The monoisotopic (exact) mass is 273 g/mol. The molecular weight excluding hydrogens is 254 g/mol. The zero-order valence-corrected chi connectivity index (χ0v) is 11.6. The highest BCUT2D eigenvalue weighted by Crippen LogP contribution is 2.18. The van der Waals surface area contributed by atoms with Crippen LogP contribution in [0.25, 0.3) is 0 Å². The highest BCUT2D eigenvalue weighted by atomic mass is 35.5. The quantitative estimate of drug-likeness (QED) is 0.906. The van der Waals surface area contributed by atoms with Crippen molar-refractivity contribution in [3.05, 3.63) is 17.5 Å². The summed E-state index contributed by atoms with van der Waals surface area (Å²) in [6, 6.07) is 1.70. The van der Waals surface area contributed by atoms with Gasteiger partial charge in [0.2, 0.25) is 5.76 Å². The standard InChI is InChI=1S/C12H19N3O2.ClH/c1-9-6-11(17-14-9)12(16)15-5-3-4-10(8-15)7-13-2;/h6,10,13H,3-5,7-8H2,1-2H3;1H. The van der Waals surface area contributed by atoms with Crippen molar-refractivity contribution in [1.29, 1.82) is 0 Å². The van der Waals surface area contributed by atoms with E-state index in [0.29, 0.717) is 11.7 Å². The fourth-order valence-corrected chi connectivity index (χ4v) is 2.33. The third-order valence-corrected chi connectivity index (χ3v) is 3.14. The topological polar surface area (TPSA) is 58.4 Å². The molecule has 1 N–H and O–H groups in total. The van der Waals surface area contributed by atoms with Crippen LogP contribution in [0, 0.1) is 12.8 Å². The maximum Gasteiger partial charge on any atom is 0.292 e. The van der Waals surface area contributed by atoms with Gasteiger partial charge in [0.05, 0.1) is 5.69 Å². The molecule has 2 heterocycles. The molecule has 1 saturated heterocycles. The van der Waals surface area contributed by atoms with E-state index in [1.807, 2.05) is 18.9 Å². The Kier molecular flexibility index (Phi) is 5.62. The van der Waals surface area contributed by atoms with E-state index >= 15 is 0 Å². The van der Waals surface area contributed by atoms with Gasteiger partial charge in [-0.2, -0.15) is 0 Å². The number of nitrogens with zero attached hydrogens (tertiary/aromatic N) is 2. The number of aryl methyl sites for hydroxylation is 1. The lowest BCUT2D eigenvalue weighted by Gasteiger charge is -2.31. The maximum absolute atomic E-state index is 12.1. The van der Waals surface area contributed by atoms with Crippen LogP contribution in [-0.4, -0.2) is 42.6 Å². The van der Waals surface area contributed by atoms with E-state index in [2.05, 4.69) is 10.5 Å². The molecule has 1 unspecified atom stereocenters. The van der Waals surface area contributed by atoms with Crippen molar-refractivity contribution in [2.75, 3.05) is 26.7 Å². The summed E-state index contributed by atoms with van der Waals surface area (Å²) >= 11 is 0. The molecule has 1 atom stereocenters. The van der Waals surface area contributed by atoms with Crippen molar-refractivity contribution in [1.82, 2.24) is 15.4 Å². The number of halogens is 1. The highest BCUT2D eigenvalue weighted by molar-refractivity contribution is 5.91. The number of amides is 1.